The number of amides is 1. The lowest BCUT2D eigenvalue weighted by Gasteiger charge is -2.11. The van der Waals surface area contributed by atoms with E-state index >= 15 is 0 Å². The highest BCUT2D eigenvalue weighted by molar-refractivity contribution is 5.90. The number of pyridine rings is 1. The molecule has 5 heteroatoms. The standard InChI is InChI=1S/C11H16FN3O/c1-3-13-8(2)6-11(16)15-10-5-4-9(12)7-14-10/h4-5,7-8,13H,3,6H2,1-2H3,(H,14,15,16). The van der Waals surface area contributed by atoms with Gasteiger partial charge in [-0.05, 0) is 25.6 Å². The van der Waals surface area contributed by atoms with Crippen molar-refractivity contribution in [2.45, 2.75) is 26.3 Å². The first-order valence-electron chi connectivity index (χ1n) is 5.26. The van der Waals surface area contributed by atoms with Crippen LogP contribution in [0.1, 0.15) is 20.3 Å². The van der Waals surface area contributed by atoms with E-state index in [-0.39, 0.29) is 11.9 Å². The zero-order valence-electron chi connectivity index (χ0n) is 9.46. The molecule has 0 aromatic carbocycles. The zero-order chi connectivity index (χ0) is 12.0. The minimum atomic E-state index is -0.418. The van der Waals surface area contributed by atoms with E-state index in [9.17, 15) is 9.18 Å². The molecule has 1 rings (SSSR count). The van der Waals surface area contributed by atoms with Crippen molar-refractivity contribution in [2.24, 2.45) is 0 Å². The summed E-state index contributed by atoms with van der Waals surface area (Å²) in [6.45, 7) is 4.74. The number of aromatic nitrogens is 1. The number of nitrogens with one attached hydrogen (secondary N) is 2. The molecule has 1 atom stereocenters. The third-order valence-electron chi connectivity index (χ3n) is 2.04. The Balaban J connectivity index is 2.42. The number of halogens is 1. The second-order valence-electron chi connectivity index (χ2n) is 3.57. The maximum atomic E-state index is 12.5. The van der Waals surface area contributed by atoms with E-state index in [0.29, 0.717) is 12.2 Å². The quantitative estimate of drug-likeness (QED) is 0.799. The smallest absolute Gasteiger partial charge is 0.227 e. The van der Waals surface area contributed by atoms with Crippen molar-refractivity contribution < 1.29 is 9.18 Å². The maximum Gasteiger partial charge on any atom is 0.227 e. The number of anilines is 1. The summed E-state index contributed by atoms with van der Waals surface area (Å²) in [4.78, 5) is 15.2. The lowest BCUT2D eigenvalue weighted by atomic mass is 10.2. The molecule has 0 aliphatic carbocycles. The number of hydrogen-bond acceptors (Lipinski definition) is 3. The fourth-order valence-corrected chi connectivity index (χ4v) is 1.34. The summed E-state index contributed by atoms with van der Waals surface area (Å²) >= 11 is 0. The van der Waals surface area contributed by atoms with E-state index < -0.39 is 5.82 Å². The summed E-state index contributed by atoms with van der Waals surface area (Å²) in [5, 5.41) is 5.73. The molecular formula is C11H16FN3O. The Labute approximate surface area is 94.3 Å². The van der Waals surface area contributed by atoms with Crippen LogP contribution in [0.5, 0.6) is 0 Å². The Morgan fingerprint density at radius 3 is 2.88 bits per heavy atom. The Bertz CT molecular complexity index is 340. The first-order chi connectivity index (χ1) is 7.61. The van der Waals surface area contributed by atoms with Gasteiger partial charge in [0.25, 0.3) is 0 Å². The van der Waals surface area contributed by atoms with Crippen molar-refractivity contribution in [3.63, 3.8) is 0 Å². The van der Waals surface area contributed by atoms with Crippen LogP contribution in [0.3, 0.4) is 0 Å². The van der Waals surface area contributed by atoms with Gasteiger partial charge in [-0.3, -0.25) is 4.79 Å². The summed E-state index contributed by atoms with van der Waals surface area (Å²) in [7, 11) is 0. The minimum absolute atomic E-state index is 0.116. The van der Waals surface area contributed by atoms with Crippen LogP contribution in [-0.4, -0.2) is 23.5 Å². The fourth-order valence-electron chi connectivity index (χ4n) is 1.34. The summed E-state index contributed by atoms with van der Waals surface area (Å²) in [6.07, 6.45) is 1.44. The molecule has 2 N–H and O–H groups in total. The predicted molar refractivity (Wildman–Crippen MR) is 60.6 cm³/mol. The highest BCUT2D eigenvalue weighted by atomic mass is 19.1. The molecular weight excluding hydrogens is 209 g/mol. The van der Waals surface area contributed by atoms with Gasteiger partial charge in [-0.2, -0.15) is 0 Å². The molecule has 1 aromatic rings. The molecule has 0 radical (unpaired) electrons. The SMILES string of the molecule is CCNC(C)CC(=O)Nc1ccc(F)cn1. The molecule has 88 valence electrons. The maximum absolute atomic E-state index is 12.5. The largest absolute Gasteiger partial charge is 0.314 e. The average Bonchev–Trinajstić information content (AvgIpc) is 2.21. The van der Waals surface area contributed by atoms with E-state index in [1.54, 1.807) is 0 Å². The monoisotopic (exact) mass is 225 g/mol. The molecule has 16 heavy (non-hydrogen) atoms. The Hall–Kier alpha value is -1.49. The molecule has 1 unspecified atom stereocenters. The fraction of sp³-hybridized carbons (Fsp3) is 0.455. The number of rotatable bonds is 5. The van der Waals surface area contributed by atoms with Crippen molar-refractivity contribution in [1.29, 1.82) is 0 Å². The summed E-state index contributed by atoms with van der Waals surface area (Å²) in [5.41, 5.74) is 0. The first kappa shape index (κ1) is 12.6. The van der Waals surface area contributed by atoms with E-state index in [2.05, 4.69) is 15.6 Å². The Kier molecular flexibility index (Phi) is 4.85. The van der Waals surface area contributed by atoms with Crippen LogP contribution in [0.15, 0.2) is 18.3 Å². The summed E-state index contributed by atoms with van der Waals surface area (Å²) in [5.74, 6) is -0.179. The van der Waals surface area contributed by atoms with Crippen LogP contribution in [0.4, 0.5) is 10.2 Å². The highest BCUT2D eigenvalue weighted by Crippen LogP contribution is 2.04. The number of carbonyl (C=O) groups is 1. The third-order valence-corrected chi connectivity index (χ3v) is 2.04. The molecule has 0 fully saturated rings. The van der Waals surface area contributed by atoms with Gasteiger partial charge in [-0.1, -0.05) is 6.92 Å². The van der Waals surface area contributed by atoms with Crippen molar-refractivity contribution in [2.75, 3.05) is 11.9 Å². The summed E-state index contributed by atoms with van der Waals surface area (Å²) in [6, 6.07) is 2.81. The van der Waals surface area contributed by atoms with Gasteiger partial charge in [-0.15, -0.1) is 0 Å². The van der Waals surface area contributed by atoms with Crippen LogP contribution in [0, 0.1) is 5.82 Å². The van der Waals surface area contributed by atoms with E-state index in [0.717, 1.165) is 12.7 Å². The number of carbonyl (C=O) groups excluding carboxylic acids is 1. The van der Waals surface area contributed by atoms with Crippen LogP contribution >= 0.6 is 0 Å². The van der Waals surface area contributed by atoms with Gasteiger partial charge in [0.05, 0.1) is 6.20 Å². The van der Waals surface area contributed by atoms with Crippen molar-refractivity contribution >= 4 is 11.7 Å². The topological polar surface area (TPSA) is 54.0 Å². The van der Waals surface area contributed by atoms with Crippen LogP contribution < -0.4 is 10.6 Å². The average molecular weight is 225 g/mol. The Morgan fingerprint density at radius 1 is 1.56 bits per heavy atom. The van der Waals surface area contributed by atoms with Gasteiger partial charge in [-0.25, -0.2) is 9.37 Å². The predicted octanol–water partition coefficient (Wildman–Crippen LogP) is 1.55. The second-order valence-corrected chi connectivity index (χ2v) is 3.57. The molecule has 0 spiro atoms. The molecule has 0 saturated heterocycles. The van der Waals surface area contributed by atoms with Gasteiger partial charge in [0.1, 0.15) is 11.6 Å². The Morgan fingerprint density at radius 2 is 2.31 bits per heavy atom. The van der Waals surface area contributed by atoms with Crippen LogP contribution in [0.2, 0.25) is 0 Å². The normalized spacial score (nSPS) is 12.2. The van der Waals surface area contributed by atoms with Gasteiger partial charge in [0.2, 0.25) is 5.91 Å². The van der Waals surface area contributed by atoms with Gasteiger partial charge < -0.3 is 10.6 Å². The molecule has 1 aromatic heterocycles. The summed E-state index contributed by atoms with van der Waals surface area (Å²) < 4.78 is 12.5. The van der Waals surface area contributed by atoms with Gasteiger partial charge >= 0.3 is 0 Å². The van der Waals surface area contributed by atoms with Crippen LogP contribution in [-0.2, 0) is 4.79 Å². The molecule has 4 nitrogen and oxygen atoms in total. The lowest BCUT2D eigenvalue weighted by molar-refractivity contribution is -0.116. The number of nitrogens with zero attached hydrogens (tertiary/aromatic N) is 1. The molecule has 0 bridgehead atoms. The third kappa shape index (κ3) is 4.35. The second kappa shape index (κ2) is 6.17. The van der Waals surface area contributed by atoms with Crippen molar-refractivity contribution in [1.82, 2.24) is 10.3 Å². The molecule has 1 heterocycles. The minimum Gasteiger partial charge on any atom is -0.314 e. The molecule has 1 amide bonds. The van der Waals surface area contributed by atoms with E-state index in [1.807, 2.05) is 13.8 Å². The number of hydrogen-bond donors (Lipinski definition) is 2. The molecule has 0 aliphatic rings. The molecule has 0 saturated carbocycles. The molecule has 0 aliphatic heterocycles. The van der Waals surface area contributed by atoms with E-state index in [4.69, 9.17) is 0 Å². The lowest BCUT2D eigenvalue weighted by Crippen LogP contribution is -2.30. The zero-order valence-corrected chi connectivity index (χ0v) is 9.46. The van der Waals surface area contributed by atoms with Gasteiger partial charge in [0, 0.05) is 12.5 Å². The first-order valence-corrected chi connectivity index (χ1v) is 5.26. The van der Waals surface area contributed by atoms with Crippen molar-refractivity contribution in [3.05, 3.63) is 24.1 Å². The van der Waals surface area contributed by atoms with Crippen LogP contribution in [0.25, 0.3) is 0 Å². The van der Waals surface area contributed by atoms with Crippen molar-refractivity contribution in [3.8, 4) is 0 Å². The highest BCUT2D eigenvalue weighted by Gasteiger charge is 2.08. The van der Waals surface area contributed by atoms with Gasteiger partial charge in [0.15, 0.2) is 0 Å². The van der Waals surface area contributed by atoms with E-state index in [1.165, 1.54) is 12.1 Å².